The number of carbonyl (C=O) groups excluding carboxylic acids is 1. The van der Waals surface area contributed by atoms with Crippen molar-refractivity contribution in [1.29, 1.82) is 0 Å². The monoisotopic (exact) mass is 354 g/mol. The molecule has 0 fully saturated rings. The molecule has 0 spiro atoms. The molecule has 1 heterocycles. The summed E-state index contributed by atoms with van der Waals surface area (Å²) in [5.74, 6) is -0.116. The van der Waals surface area contributed by atoms with Crippen LogP contribution in [0.2, 0.25) is 0 Å². The van der Waals surface area contributed by atoms with Gasteiger partial charge in [0.15, 0.2) is 0 Å². The van der Waals surface area contributed by atoms with Crippen molar-refractivity contribution in [1.82, 2.24) is 9.27 Å². The Kier molecular flexibility index (Phi) is 5.34. The molecule has 5 heteroatoms. The largest absolute Gasteiger partial charge is 0.352 e. The second-order valence-corrected chi connectivity index (χ2v) is 7.34. The lowest BCUT2D eigenvalue weighted by Gasteiger charge is -2.17. The minimum atomic E-state index is -0.510. The summed E-state index contributed by atoms with van der Waals surface area (Å²) >= 11 is 1.34. The predicted molar refractivity (Wildman–Crippen MR) is 103 cm³/mol. The van der Waals surface area contributed by atoms with Crippen molar-refractivity contribution in [3.63, 3.8) is 0 Å². The zero-order valence-corrected chi connectivity index (χ0v) is 15.3. The highest BCUT2D eigenvalue weighted by molar-refractivity contribution is 7.14. The van der Waals surface area contributed by atoms with Crippen molar-refractivity contribution in [2.45, 2.75) is 38.8 Å². The molecule has 2 atom stereocenters. The summed E-state index contributed by atoms with van der Waals surface area (Å²) in [6.07, 6.45) is 1.78. The molecule has 25 heavy (non-hydrogen) atoms. The molecular formula is C20H22N2O2S. The van der Waals surface area contributed by atoms with E-state index >= 15 is 0 Å². The van der Waals surface area contributed by atoms with Crippen LogP contribution in [0.4, 0.5) is 0 Å². The van der Waals surface area contributed by atoms with Gasteiger partial charge in [0, 0.05) is 6.04 Å². The number of benzene rings is 2. The zero-order valence-electron chi connectivity index (χ0n) is 14.4. The molecule has 3 rings (SSSR count). The van der Waals surface area contributed by atoms with Crippen molar-refractivity contribution >= 4 is 27.5 Å². The number of hydrogen-bond donors (Lipinski definition) is 1. The zero-order chi connectivity index (χ0) is 17.8. The molecule has 0 aliphatic rings. The molecule has 0 saturated heterocycles. The van der Waals surface area contributed by atoms with E-state index in [2.05, 4.69) is 17.4 Å². The smallest absolute Gasteiger partial charge is 0.269 e. The van der Waals surface area contributed by atoms with Crippen molar-refractivity contribution in [2.75, 3.05) is 0 Å². The van der Waals surface area contributed by atoms with Crippen LogP contribution < -0.4 is 10.9 Å². The highest BCUT2D eigenvalue weighted by atomic mass is 32.1. The van der Waals surface area contributed by atoms with E-state index < -0.39 is 6.04 Å². The highest BCUT2D eigenvalue weighted by Gasteiger charge is 2.20. The van der Waals surface area contributed by atoms with Crippen molar-refractivity contribution in [3.8, 4) is 0 Å². The summed E-state index contributed by atoms with van der Waals surface area (Å²) in [5.41, 5.74) is 1.16. The predicted octanol–water partition coefficient (Wildman–Crippen LogP) is 3.76. The Morgan fingerprint density at radius 1 is 1.08 bits per heavy atom. The summed E-state index contributed by atoms with van der Waals surface area (Å²) in [6, 6.07) is 17.2. The van der Waals surface area contributed by atoms with Gasteiger partial charge in [-0.25, -0.2) is 0 Å². The third-order valence-corrected chi connectivity index (χ3v) is 5.57. The number of amides is 1. The van der Waals surface area contributed by atoms with Gasteiger partial charge < -0.3 is 5.32 Å². The Hall–Kier alpha value is -2.40. The van der Waals surface area contributed by atoms with Gasteiger partial charge in [-0.05, 0) is 44.4 Å². The number of nitrogens with zero attached hydrogens (tertiary/aromatic N) is 1. The fourth-order valence-electron chi connectivity index (χ4n) is 2.81. The van der Waals surface area contributed by atoms with Crippen LogP contribution in [-0.2, 0) is 11.2 Å². The van der Waals surface area contributed by atoms with Crippen molar-refractivity contribution in [3.05, 3.63) is 70.5 Å². The van der Waals surface area contributed by atoms with E-state index in [0.29, 0.717) is 5.39 Å². The molecule has 0 aliphatic heterocycles. The van der Waals surface area contributed by atoms with E-state index in [1.54, 1.807) is 16.9 Å². The first kappa shape index (κ1) is 17.4. The number of aryl methyl sites for hydroxylation is 1. The second-order valence-electron chi connectivity index (χ2n) is 6.33. The van der Waals surface area contributed by atoms with Gasteiger partial charge in [-0.2, -0.15) is 0 Å². The van der Waals surface area contributed by atoms with Crippen molar-refractivity contribution < 1.29 is 4.79 Å². The number of rotatable bonds is 6. The average molecular weight is 354 g/mol. The fraction of sp³-hybridized carbons (Fsp3) is 0.300. The average Bonchev–Trinajstić information content (AvgIpc) is 2.97. The normalized spacial score (nSPS) is 13.5. The molecule has 0 aliphatic carbocycles. The maximum Gasteiger partial charge on any atom is 0.269 e. The highest BCUT2D eigenvalue weighted by Crippen LogP contribution is 2.19. The number of fused-ring (bicyclic) bond motifs is 1. The Bertz CT molecular complexity index is 914. The molecule has 0 unspecified atom stereocenters. The van der Waals surface area contributed by atoms with Crippen LogP contribution in [-0.4, -0.2) is 15.9 Å². The molecule has 130 valence electrons. The van der Waals surface area contributed by atoms with Gasteiger partial charge in [-0.1, -0.05) is 54.0 Å². The Morgan fingerprint density at radius 3 is 2.48 bits per heavy atom. The third kappa shape index (κ3) is 3.99. The molecule has 3 aromatic rings. The fourth-order valence-corrected chi connectivity index (χ4v) is 3.85. The van der Waals surface area contributed by atoms with E-state index in [1.165, 1.54) is 17.1 Å². The van der Waals surface area contributed by atoms with Crippen molar-refractivity contribution in [2.24, 2.45) is 0 Å². The first-order valence-electron chi connectivity index (χ1n) is 8.51. The maximum atomic E-state index is 12.5. The van der Waals surface area contributed by atoms with E-state index in [4.69, 9.17) is 0 Å². The second kappa shape index (κ2) is 7.66. The van der Waals surface area contributed by atoms with Crippen LogP contribution >= 0.6 is 11.5 Å². The minimum Gasteiger partial charge on any atom is -0.352 e. The summed E-state index contributed by atoms with van der Waals surface area (Å²) in [5, 5.41) is 3.70. The molecule has 4 nitrogen and oxygen atoms in total. The van der Waals surface area contributed by atoms with Crippen LogP contribution in [0, 0.1) is 0 Å². The Morgan fingerprint density at radius 2 is 1.76 bits per heavy atom. The van der Waals surface area contributed by atoms with Gasteiger partial charge in [0.05, 0.1) is 10.1 Å². The molecule has 1 amide bonds. The van der Waals surface area contributed by atoms with Gasteiger partial charge in [-0.15, -0.1) is 0 Å². The summed E-state index contributed by atoms with van der Waals surface area (Å²) in [4.78, 5) is 25.0. The van der Waals surface area contributed by atoms with Crippen LogP contribution in [0.15, 0.2) is 59.4 Å². The lowest BCUT2D eigenvalue weighted by Crippen LogP contribution is -2.39. The maximum absolute atomic E-state index is 12.5. The van der Waals surface area contributed by atoms with Crippen LogP contribution in [0.3, 0.4) is 0 Å². The van der Waals surface area contributed by atoms with Gasteiger partial charge in [0.25, 0.3) is 5.56 Å². The molecule has 1 aromatic heterocycles. The number of hydrogen-bond acceptors (Lipinski definition) is 3. The molecular weight excluding hydrogens is 332 g/mol. The lowest BCUT2D eigenvalue weighted by atomic mass is 10.1. The van der Waals surface area contributed by atoms with Gasteiger partial charge in [0.2, 0.25) is 5.91 Å². The van der Waals surface area contributed by atoms with Crippen LogP contribution in [0.5, 0.6) is 0 Å². The molecule has 2 aromatic carbocycles. The van der Waals surface area contributed by atoms with E-state index in [0.717, 1.165) is 17.5 Å². The van der Waals surface area contributed by atoms with Crippen LogP contribution in [0.1, 0.15) is 31.9 Å². The lowest BCUT2D eigenvalue weighted by molar-refractivity contribution is -0.124. The molecule has 1 N–H and O–H groups in total. The minimum absolute atomic E-state index is 0.0558. The van der Waals surface area contributed by atoms with E-state index in [9.17, 15) is 9.59 Å². The topological polar surface area (TPSA) is 51.1 Å². The first-order valence-corrected chi connectivity index (χ1v) is 9.28. The Labute approximate surface area is 151 Å². The van der Waals surface area contributed by atoms with Crippen LogP contribution in [0.25, 0.3) is 10.1 Å². The van der Waals surface area contributed by atoms with Gasteiger partial charge >= 0.3 is 0 Å². The third-order valence-electron chi connectivity index (χ3n) is 4.34. The van der Waals surface area contributed by atoms with E-state index in [-0.39, 0.29) is 17.5 Å². The number of aromatic nitrogens is 1. The SMILES string of the molecule is C[C@H](CCc1ccccc1)NC(=O)[C@H](C)n1sc2ccccc2c1=O. The number of nitrogens with one attached hydrogen (secondary N) is 1. The standard InChI is InChI=1S/C20H22N2O2S/c1-14(12-13-16-8-4-3-5-9-16)21-19(23)15(2)22-20(24)17-10-6-7-11-18(17)25-22/h3-11,14-15H,12-13H2,1-2H3,(H,21,23)/t14-,15+/m1/s1. The molecule has 0 radical (unpaired) electrons. The molecule has 0 bridgehead atoms. The van der Waals surface area contributed by atoms with Gasteiger partial charge in [-0.3, -0.25) is 13.5 Å². The quantitative estimate of drug-likeness (QED) is 0.733. The van der Waals surface area contributed by atoms with E-state index in [1.807, 2.05) is 43.3 Å². The first-order chi connectivity index (χ1) is 12.1. The summed E-state index contributed by atoms with van der Waals surface area (Å²) in [6.45, 7) is 3.78. The number of carbonyl (C=O) groups is 1. The van der Waals surface area contributed by atoms with Gasteiger partial charge in [0.1, 0.15) is 6.04 Å². The summed E-state index contributed by atoms with van der Waals surface area (Å²) < 4.78 is 2.47. The molecule has 0 saturated carbocycles. The Balaban J connectivity index is 1.63. The summed E-state index contributed by atoms with van der Waals surface area (Å²) in [7, 11) is 0.